The van der Waals surface area contributed by atoms with Crippen LogP contribution < -0.4 is 10.6 Å². The van der Waals surface area contributed by atoms with E-state index in [1.54, 1.807) is 19.2 Å². The van der Waals surface area contributed by atoms with E-state index in [2.05, 4.69) is 52.5 Å². The summed E-state index contributed by atoms with van der Waals surface area (Å²) in [6, 6.07) is 5.19. The highest BCUT2D eigenvalue weighted by atomic mass is 35.5. The molecular formula is C23H37ClN4O3Si. The van der Waals surface area contributed by atoms with Gasteiger partial charge in [0.1, 0.15) is 0 Å². The summed E-state index contributed by atoms with van der Waals surface area (Å²) in [5.74, 6) is 0. The van der Waals surface area contributed by atoms with E-state index in [-0.39, 0.29) is 12.1 Å². The van der Waals surface area contributed by atoms with Crippen LogP contribution in [0.1, 0.15) is 53.5 Å². The van der Waals surface area contributed by atoms with Crippen LogP contribution in [-0.4, -0.2) is 56.7 Å². The molecule has 7 nitrogen and oxygen atoms in total. The fraction of sp³-hybridized carbons (Fsp3) is 0.652. The summed E-state index contributed by atoms with van der Waals surface area (Å²) in [4.78, 5) is 15.3. The van der Waals surface area contributed by atoms with Crippen molar-refractivity contribution in [3.8, 4) is 6.07 Å². The van der Waals surface area contributed by atoms with Gasteiger partial charge in [0.05, 0.1) is 40.2 Å². The second-order valence-electron chi connectivity index (χ2n) is 9.68. The van der Waals surface area contributed by atoms with Crippen molar-refractivity contribution in [1.29, 1.82) is 5.26 Å². The Kier molecular flexibility index (Phi) is 8.48. The van der Waals surface area contributed by atoms with Crippen LogP contribution in [0.15, 0.2) is 12.1 Å². The lowest BCUT2D eigenvalue weighted by Crippen LogP contribution is -2.61. The van der Waals surface area contributed by atoms with Crippen LogP contribution in [-0.2, 0) is 4.43 Å². The fourth-order valence-electron chi connectivity index (χ4n) is 5.42. The van der Waals surface area contributed by atoms with E-state index in [0.717, 1.165) is 0 Å². The minimum absolute atomic E-state index is 0.262. The molecule has 1 aliphatic heterocycles. The van der Waals surface area contributed by atoms with Gasteiger partial charge in [0.15, 0.2) is 0 Å². The molecule has 3 N–H and O–H groups in total. The molecule has 2 rings (SSSR count). The number of nitriles is 1. The van der Waals surface area contributed by atoms with Gasteiger partial charge in [-0.15, -0.1) is 0 Å². The highest BCUT2D eigenvalue weighted by molar-refractivity contribution is 6.77. The van der Waals surface area contributed by atoms with Gasteiger partial charge in [0.2, 0.25) is 8.32 Å². The van der Waals surface area contributed by atoms with Crippen molar-refractivity contribution in [2.75, 3.05) is 30.8 Å². The molecule has 0 spiro atoms. The molecule has 9 heteroatoms. The standard InChI is InChI=1S/C23H37ClN4O3Si/c1-14(2)32(15(3)4,16(5)6)31-21-13-28(9-8-19(21)27(7)23(29)30)20-11-17(12-25)10-18(26)22(20)24/h10-11,14-16,19,21H,8-9,13,26H2,1-7H3,(H,29,30)/t19-,21+/m1/s1. The number of carboxylic acid groups (broad SMARTS) is 1. The second-order valence-corrected chi connectivity index (χ2v) is 15.5. The first kappa shape index (κ1) is 26.3. The number of hydrogen-bond acceptors (Lipinski definition) is 5. The maximum Gasteiger partial charge on any atom is 0.407 e. The lowest BCUT2D eigenvalue weighted by molar-refractivity contribution is 0.0536. The Hall–Kier alpha value is -1.95. The van der Waals surface area contributed by atoms with Crippen molar-refractivity contribution in [3.63, 3.8) is 0 Å². The van der Waals surface area contributed by atoms with Gasteiger partial charge in [0.25, 0.3) is 0 Å². The summed E-state index contributed by atoms with van der Waals surface area (Å²) < 4.78 is 7.08. The second kappa shape index (κ2) is 10.3. The van der Waals surface area contributed by atoms with E-state index in [0.29, 0.717) is 58.1 Å². The minimum atomic E-state index is -2.27. The number of nitrogens with zero attached hydrogens (tertiary/aromatic N) is 3. The molecular weight excluding hydrogens is 444 g/mol. The van der Waals surface area contributed by atoms with Crippen LogP contribution in [0.4, 0.5) is 16.2 Å². The molecule has 0 unspecified atom stereocenters. The van der Waals surface area contributed by atoms with Crippen LogP contribution in [0.5, 0.6) is 0 Å². The zero-order valence-corrected chi connectivity index (χ0v) is 22.0. The summed E-state index contributed by atoms with van der Waals surface area (Å²) in [6.45, 7) is 14.4. The quantitative estimate of drug-likeness (QED) is 0.392. The van der Waals surface area contributed by atoms with Gasteiger partial charge in [-0.3, -0.25) is 0 Å². The summed E-state index contributed by atoms with van der Waals surface area (Å²) >= 11 is 6.52. The molecule has 1 aliphatic rings. The molecule has 1 fully saturated rings. The molecule has 1 amide bonds. The fourth-order valence-corrected chi connectivity index (χ4v) is 11.2. The lowest BCUT2D eigenvalue weighted by Gasteiger charge is -2.50. The Bertz CT molecular complexity index is 850. The van der Waals surface area contributed by atoms with Gasteiger partial charge in [-0.05, 0) is 35.2 Å². The van der Waals surface area contributed by atoms with E-state index >= 15 is 0 Å². The van der Waals surface area contributed by atoms with E-state index in [1.807, 2.05) is 0 Å². The first-order valence-electron chi connectivity index (χ1n) is 11.2. The van der Waals surface area contributed by atoms with Crippen LogP contribution >= 0.6 is 11.6 Å². The Labute approximate surface area is 198 Å². The molecule has 0 radical (unpaired) electrons. The maximum atomic E-state index is 11.8. The highest BCUT2D eigenvalue weighted by Gasteiger charge is 2.49. The zero-order chi connectivity index (χ0) is 24.4. The summed E-state index contributed by atoms with van der Waals surface area (Å²) in [6.07, 6.45) is -0.678. The Morgan fingerprint density at radius 3 is 2.31 bits per heavy atom. The molecule has 0 aromatic heterocycles. The predicted molar refractivity (Wildman–Crippen MR) is 133 cm³/mol. The van der Waals surface area contributed by atoms with Crippen molar-refractivity contribution in [2.24, 2.45) is 0 Å². The third-order valence-electron chi connectivity index (χ3n) is 6.94. The van der Waals surface area contributed by atoms with Crippen LogP contribution in [0.3, 0.4) is 0 Å². The van der Waals surface area contributed by atoms with E-state index in [9.17, 15) is 15.2 Å². The number of likely N-dealkylation sites (N-methyl/N-ethyl adjacent to an activating group) is 1. The molecule has 0 saturated carbocycles. The number of piperidine rings is 1. The Morgan fingerprint density at radius 2 is 1.84 bits per heavy atom. The van der Waals surface area contributed by atoms with E-state index < -0.39 is 14.4 Å². The number of benzene rings is 1. The number of nitrogens with two attached hydrogens (primary N) is 1. The molecule has 178 valence electrons. The molecule has 0 aliphatic carbocycles. The molecule has 1 heterocycles. The lowest BCUT2D eigenvalue weighted by atomic mass is 9.99. The number of nitrogen functional groups attached to an aromatic ring is 1. The molecule has 2 atom stereocenters. The normalized spacial score (nSPS) is 19.5. The third-order valence-corrected chi connectivity index (χ3v) is 13.5. The zero-order valence-electron chi connectivity index (χ0n) is 20.2. The number of hydrogen-bond donors (Lipinski definition) is 2. The number of rotatable bonds is 7. The van der Waals surface area contributed by atoms with Crippen molar-refractivity contribution in [3.05, 3.63) is 22.7 Å². The number of carbonyl (C=O) groups is 1. The SMILES string of the molecule is CC(C)[Si](O[C@H]1CN(c2cc(C#N)cc(N)c2Cl)CC[C@H]1N(C)C(=O)O)(C(C)C)C(C)C. The van der Waals surface area contributed by atoms with Gasteiger partial charge < -0.3 is 25.1 Å². The minimum Gasteiger partial charge on any atom is -0.465 e. The Balaban J connectivity index is 2.51. The maximum absolute atomic E-state index is 11.8. The average molecular weight is 481 g/mol. The first-order valence-corrected chi connectivity index (χ1v) is 13.8. The van der Waals surface area contributed by atoms with Crippen molar-refractivity contribution >= 4 is 37.4 Å². The molecule has 0 bridgehead atoms. The number of anilines is 2. The van der Waals surface area contributed by atoms with Crippen molar-refractivity contribution < 1.29 is 14.3 Å². The smallest absolute Gasteiger partial charge is 0.407 e. The summed E-state index contributed by atoms with van der Waals surface area (Å²) in [7, 11) is -0.652. The number of amides is 1. The van der Waals surface area contributed by atoms with Gasteiger partial charge in [-0.2, -0.15) is 5.26 Å². The monoisotopic (exact) mass is 480 g/mol. The van der Waals surface area contributed by atoms with Gasteiger partial charge in [-0.25, -0.2) is 4.79 Å². The molecule has 32 heavy (non-hydrogen) atoms. The highest BCUT2D eigenvalue weighted by Crippen LogP contribution is 2.44. The summed E-state index contributed by atoms with van der Waals surface area (Å²) in [5.41, 5.74) is 8.66. The largest absolute Gasteiger partial charge is 0.465 e. The van der Waals surface area contributed by atoms with Gasteiger partial charge >= 0.3 is 6.09 Å². The van der Waals surface area contributed by atoms with Gasteiger partial charge in [0, 0.05) is 20.1 Å². The topological polar surface area (TPSA) is 103 Å². The number of halogens is 1. The van der Waals surface area contributed by atoms with Gasteiger partial charge in [-0.1, -0.05) is 53.1 Å². The molecule has 1 aromatic rings. The average Bonchev–Trinajstić information content (AvgIpc) is 2.72. The van der Waals surface area contributed by atoms with E-state index in [1.165, 1.54) is 4.90 Å². The third kappa shape index (κ3) is 5.00. The molecule has 1 saturated heterocycles. The van der Waals surface area contributed by atoms with E-state index in [4.69, 9.17) is 21.8 Å². The Morgan fingerprint density at radius 1 is 1.28 bits per heavy atom. The molecule has 1 aromatic carbocycles. The first-order chi connectivity index (χ1) is 14.9. The van der Waals surface area contributed by atoms with Crippen LogP contribution in [0.2, 0.25) is 21.6 Å². The van der Waals surface area contributed by atoms with Crippen LogP contribution in [0.25, 0.3) is 0 Å². The predicted octanol–water partition coefficient (Wildman–Crippen LogP) is 5.54. The van der Waals surface area contributed by atoms with Crippen molar-refractivity contribution in [2.45, 2.75) is 76.7 Å². The van der Waals surface area contributed by atoms with Crippen molar-refractivity contribution in [1.82, 2.24) is 4.90 Å². The summed E-state index contributed by atoms with van der Waals surface area (Å²) in [5, 5.41) is 19.5. The van der Waals surface area contributed by atoms with Crippen LogP contribution in [0, 0.1) is 11.3 Å².